The van der Waals surface area contributed by atoms with Crippen molar-refractivity contribution in [1.82, 2.24) is 9.78 Å². The summed E-state index contributed by atoms with van der Waals surface area (Å²) in [7, 11) is 0. The molecule has 0 unspecified atom stereocenters. The van der Waals surface area contributed by atoms with Crippen LogP contribution in [0.5, 0.6) is 0 Å². The molecule has 6 nitrogen and oxygen atoms in total. The second kappa shape index (κ2) is 4.75. The van der Waals surface area contributed by atoms with Gasteiger partial charge >= 0.3 is 5.82 Å². The molecule has 86 valence electrons. The van der Waals surface area contributed by atoms with Crippen LogP contribution in [0.4, 0.5) is 5.82 Å². The van der Waals surface area contributed by atoms with E-state index in [-0.39, 0.29) is 11.2 Å². The van der Waals surface area contributed by atoms with Gasteiger partial charge in [-0.2, -0.15) is 9.94 Å². The molecule has 0 aliphatic rings. The fraction of sp³-hybridized carbons (Fsp3) is 0.600. The minimum Gasteiger partial charge on any atom is -0.358 e. The van der Waals surface area contributed by atoms with Crippen LogP contribution in [0.3, 0.4) is 0 Å². The summed E-state index contributed by atoms with van der Waals surface area (Å²) in [5.41, 5.74) is -0.348. The SMILES string of the molecule is CC(C)(C#N)CCCn1ccc([N+](=O)[O-])n1. The minimum atomic E-state index is -0.518. The molecular weight excluding hydrogens is 208 g/mol. The van der Waals surface area contributed by atoms with Crippen molar-refractivity contribution >= 4 is 5.82 Å². The van der Waals surface area contributed by atoms with E-state index in [1.54, 1.807) is 6.20 Å². The van der Waals surface area contributed by atoms with Gasteiger partial charge in [0, 0.05) is 0 Å². The third-order valence-electron chi connectivity index (χ3n) is 2.31. The van der Waals surface area contributed by atoms with Gasteiger partial charge in [-0.05, 0) is 31.6 Å². The van der Waals surface area contributed by atoms with Crippen molar-refractivity contribution in [2.45, 2.75) is 33.2 Å². The molecule has 0 fully saturated rings. The molecule has 0 radical (unpaired) electrons. The molecule has 1 aromatic rings. The highest BCUT2D eigenvalue weighted by molar-refractivity contribution is 5.13. The van der Waals surface area contributed by atoms with Gasteiger partial charge in [0.1, 0.15) is 0 Å². The summed E-state index contributed by atoms with van der Waals surface area (Å²) >= 11 is 0. The molecule has 0 aliphatic carbocycles. The highest BCUT2D eigenvalue weighted by Gasteiger charge is 2.17. The molecule has 1 aromatic heterocycles. The number of nitro groups is 1. The van der Waals surface area contributed by atoms with Crippen molar-refractivity contribution in [1.29, 1.82) is 5.26 Å². The zero-order valence-electron chi connectivity index (χ0n) is 9.38. The second-order valence-corrected chi connectivity index (χ2v) is 4.29. The minimum absolute atomic E-state index is 0.139. The van der Waals surface area contributed by atoms with E-state index in [1.165, 1.54) is 10.7 Å². The third-order valence-corrected chi connectivity index (χ3v) is 2.31. The van der Waals surface area contributed by atoms with E-state index in [1.807, 2.05) is 13.8 Å². The molecule has 0 atom stereocenters. The van der Waals surface area contributed by atoms with Crippen LogP contribution in [0.2, 0.25) is 0 Å². The molecule has 0 saturated carbocycles. The summed E-state index contributed by atoms with van der Waals surface area (Å²) < 4.78 is 1.53. The first-order valence-electron chi connectivity index (χ1n) is 5.04. The predicted octanol–water partition coefficient (Wildman–Crippen LogP) is 2.12. The molecule has 16 heavy (non-hydrogen) atoms. The van der Waals surface area contributed by atoms with E-state index >= 15 is 0 Å². The molecule has 0 bridgehead atoms. The average Bonchev–Trinajstić information content (AvgIpc) is 2.66. The van der Waals surface area contributed by atoms with E-state index in [9.17, 15) is 10.1 Å². The highest BCUT2D eigenvalue weighted by Crippen LogP contribution is 2.21. The van der Waals surface area contributed by atoms with Gasteiger partial charge in [0.25, 0.3) is 0 Å². The molecule has 0 saturated heterocycles. The lowest BCUT2D eigenvalue weighted by Gasteiger charge is -2.13. The number of rotatable bonds is 5. The summed E-state index contributed by atoms with van der Waals surface area (Å²) in [5.74, 6) is -0.139. The molecule has 1 heterocycles. The zero-order valence-corrected chi connectivity index (χ0v) is 9.38. The fourth-order valence-electron chi connectivity index (χ4n) is 1.31. The Bertz CT molecular complexity index is 417. The maximum Gasteiger partial charge on any atom is 0.389 e. The van der Waals surface area contributed by atoms with Crippen LogP contribution in [0.1, 0.15) is 26.7 Å². The first kappa shape index (κ1) is 12.2. The maximum atomic E-state index is 10.4. The standard InChI is InChI=1S/C10H14N4O2/c1-10(2,8-11)5-3-6-13-7-4-9(12-13)14(15)16/h4,7H,3,5-6H2,1-2H3. The Balaban J connectivity index is 2.44. The first-order chi connectivity index (χ1) is 7.44. The van der Waals surface area contributed by atoms with E-state index < -0.39 is 4.92 Å². The van der Waals surface area contributed by atoms with Crippen molar-refractivity contribution in [3.05, 3.63) is 22.4 Å². The molecule has 0 spiro atoms. The summed E-state index contributed by atoms with van der Waals surface area (Å²) in [4.78, 5) is 9.86. The average molecular weight is 222 g/mol. The van der Waals surface area contributed by atoms with Gasteiger partial charge < -0.3 is 10.1 Å². The van der Waals surface area contributed by atoms with Gasteiger partial charge in [-0.3, -0.25) is 0 Å². The van der Waals surface area contributed by atoms with Gasteiger partial charge in [0.05, 0.1) is 35.4 Å². The number of aryl methyl sites for hydroxylation is 1. The molecule has 1 rings (SSSR count). The summed E-state index contributed by atoms with van der Waals surface area (Å²) in [6.45, 7) is 4.34. The summed E-state index contributed by atoms with van der Waals surface area (Å²) in [6, 6.07) is 3.58. The normalized spacial score (nSPS) is 11.1. The Morgan fingerprint density at radius 3 is 2.88 bits per heavy atom. The van der Waals surface area contributed by atoms with Crippen LogP contribution in [-0.4, -0.2) is 14.7 Å². The Labute approximate surface area is 93.6 Å². The number of hydrogen-bond donors (Lipinski definition) is 0. The quantitative estimate of drug-likeness (QED) is 0.564. The Kier molecular flexibility index (Phi) is 3.61. The van der Waals surface area contributed by atoms with Crippen LogP contribution in [0, 0.1) is 26.9 Å². The highest BCUT2D eigenvalue weighted by atomic mass is 16.6. The van der Waals surface area contributed by atoms with E-state index in [0.29, 0.717) is 6.54 Å². The van der Waals surface area contributed by atoms with Gasteiger partial charge in [-0.15, -0.1) is 0 Å². The zero-order chi connectivity index (χ0) is 12.2. The van der Waals surface area contributed by atoms with Crippen molar-refractivity contribution in [2.75, 3.05) is 0 Å². The predicted molar refractivity (Wildman–Crippen MR) is 57.5 cm³/mol. The molecular formula is C10H14N4O2. The molecule has 0 aromatic carbocycles. The van der Waals surface area contributed by atoms with Crippen LogP contribution in [0.15, 0.2) is 12.3 Å². The van der Waals surface area contributed by atoms with Gasteiger partial charge in [-0.1, -0.05) is 0 Å². The van der Waals surface area contributed by atoms with Crippen molar-refractivity contribution < 1.29 is 4.92 Å². The summed E-state index contributed by atoms with van der Waals surface area (Å²) in [6.07, 6.45) is 3.11. The lowest BCUT2D eigenvalue weighted by Crippen LogP contribution is -2.10. The Morgan fingerprint density at radius 1 is 1.69 bits per heavy atom. The molecule has 0 amide bonds. The monoisotopic (exact) mass is 222 g/mol. The Morgan fingerprint density at radius 2 is 2.38 bits per heavy atom. The smallest absolute Gasteiger partial charge is 0.358 e. The maximum absolute atomic E-state index is 10.4. The number of hydrogen-bond acceptors (Lipinski definition) is 4. The lowest BCUT2D eigenvalue weighted by atomic mass is 9.90. The molecule has 0 N–H and O–H groups in total. The molecule has 6 heteroatoms. The van der Waals surface area contributed by atoms with Crippen LogP contribution in [0.25, 0.3) is 0 Å². The first-order valence-corrected chi connectivity index (χ1v) is 5.04. The topological polar surface area (TPSA) is 84.8 Å². The fourth-order valence-corrected chi connectivity index (χ4v) is 1.31. The number of nitrogens with zero attached hydrogens (tertiary/aromatic N) is 4. The lowest BCUT2D eigenvalue weighted by molar-refractivity contribution is -0.389. The van der Waals surface area contributed by atoms with Crippen LogP contribution >= 0.6 is 0 Å². The summed E-state index contributed by atoms with van der Waals surface area (Å²) in [5, 5.41) is 23.0. The largest absolute Gasteiger partial charge is 0.389 e. The van der Waals surface area contributed by atoms with E-state index in [0.717, 1.165) is 12.8 Å². The van der Waals surface area contributed by atoms with E-state index in [2.05, 4.69) is 11.2 Å². The van der Waals surface area contributed by atoms with Crippen molar-refractivity contribution in [3.8, 4) is 6.07 Å². The van der Waals surface area contributed by atoms with Gasteiger partial charge in [0.2, 0.25) is 0 Å². The van der Waals surface area contributed by atoms with E-state index in [4.69, 9.17) is 5.26 Å². The van der Waals surface area contributed by atoms with Crippen molar-refractivity contribution in [3.63, 3.8) is 0 Å². The molecule has 0 aliphatic heterocycles. The van der Waals surface area contributed by atoms with Gasteiger partial charge in [0.15, 0.2) is 0 Å². The number of aromatic nitrogens is 2. The van der Waals surface area contributed by atoms with Crippen LogP contribution in [-0.2, 0) is 6.54 Å². The third kappa shape index (κ3) is 3.35. The van der Waals surface area contributed by atoms with Gasteiger partial charge in [-0.25, -0.2) is 0 Å². The Hall–Kier alpha value is -1.90. The van der Waals surface area contributed by atoms with Crippen LogP contribution < -0.4 is 0 Å². The van der Waals surface area contributed by atoms with Crippen molar-refractivity contribution in [2.24, 2.45) is 5.41 Å². The number of nitriles is 1. The second-order valence-electron chi connectivity index (χ2n) is 4.29.